The van der Waals surface area contributed by atoms with Crippen LogP contribution < -0.4 is 0 Å². The zero-order valence-corrected chi connectivity index (χ0v) is 8.92. The molecule has 0 atom stereocenters. The van der Waals surface area contributed by atoms with E-state index in [1.807, 2.05) is 0 Å². The van der Waals surface area contributed by atoms with Gasteiger partial charge >= 0.3 is 0 Å². The third-order valence-corrected chi connectivity index (χ3v) is 2.30. The highest BCUT2D eigenvalue weighted by molar-refractivity contribution is 9.10. The molecular weight excluding hydrogens is 261 g/mol. The minimum Gasteiger partial charge on any atom is -0.206 e. The molecule has 0 spiro atoms. The molecule has 0 unspecified atom stereocenters. The molecule has 0 aliphatic heterocycles. The predicted molar refractivity (Wildman–Crippen MR) is 53.8 cm³/mol. The highest BCUT2D eigenvalue weighted by atomic mass is 79.9. The summed E-state index contributed by atoms with van der Waals surface area (Å²) >= 11 is 8.40. The second kappa shape index (κ2) is 4.20. The number of rotatable bonds is 2. The summed E-state index contributed by atoms with van der Waals surface area (Å²) in [5.41, 5.74) is 0.0994. The van der Waals surface area contributed by atoms with E-state index in [1.165, 1.54) is 12.1 Å². The zero-order chi connectivity index (χ0) is 10.0. The average Bonchev–Trinajstić information content (AvgIpc) is 2.02. The van der Waals surface area contributed by atoms with Crippen LogP contribution in [-0.4, -0.2) is 5.88 Å². The lowest BCUT2D eigenvalue weighted by atomic mass is 10.1. The van der Waals surface area contributed by atoms with Gasteiger partial charge < -0.3 is 0 Å². The first kappa shape index (κ1) is 10.7. The Hall–Kier alpha value is -0.410. The van der Waals surface area contributed by atoms with E-state index < -0.39 is 11.6 Å². The van der Waals surface area contributed by atoms with E-state index in [4.69, 9.17) is 11.6 Å². The average molecular weight is 268 g/mol. The molecule has 0 N–H and O–H groups in total. The summed E-state index contributed by atoms with van der Waals surface area (Å²) in [5, 5.41) is 0. The fraction of sp³-hybridized carbons (Fsp3) is 0.111. The normalized spacial score (nSPS) is 10.2. The summed E-state index contributed by atoms with van der Waals surface area (Å²) in [4.78, 5) is 0. The highest BCUT2D eigenvalue weighted by Crippen LogP contribution is 2.25. The molecule has 1 rings (SSSR count). The van der Waals surface area contributed by atoms with Crippen LogP contribution in [0.25, 0.3) is 5.57 Å². The number of halogens is 4. The largest absolute Gasteiger partial charge is 0.206 e. The third-order valence-electron chi connectivity index (χ3n) is 1.52. The number of benzene rings is 1. The van der Waals surface area contributed by atoms with Crippen molar-refractivity contribution in [2.24, 2.45) is 0 Å². The molecule has 1 aromatic rings. The van der Waals surface area contributed by atoms with Crippen molar-refractivity contribution in [3.63, 3.8) is 0 Å². The third kappa shape index (κ3) is 2.29. The van der Waals surface area contributed by atoms with Gasteiger partial charge in [0, 0.05) is 15.9 Å². The summed E-state index contributed by atoms with van der Waals surface area (Å²) in [6, 6.07) is 2.35. The Kier molecular flexibility index (Phi) is 3.45. The summed E-state index contributed by atoms with van der Waals surface area (Å²) < 4.78 is 26.7. The van der Waals surface area contributed by atoms with E-state index in [-0.39, 0.29) is 17.0 Å². The van der Waals surface area contributed by atoms with Gasteiger partial charge in [0.25, 0.3) is 0 Å². The number of hydrogen-bond donors (Lipinski definition) is 0. The molecule has 4 heteroatoms. The van der Waals surface area contributed by atoms with Crippen LogP contribution in [0.5, 0.6) is 0 Å². The van der Waals surface area contributed by atoms with Gasteiger partial charge in [-0.25, -0.2) is 8.78 Å². The standard InChI is InChI=1S/C9H6BrClF2/c1-5(4-11)9-7(12)2-6(10)3-8(9)13/h2-3H,1,4H2. The molecule has 0 radical (unpaired) electrons. The predicted octanol–water partition coefficient (Wildman–Crippen LogP) is 3.98. The Balaban J connectivity index is 3.28. The monoisotopic (exact) mass is 266 g/mol. The molecule has 0 aliphatic rings. The SMILES string of the molecule is C=C(CCl)c1c(F)cc(Br)cc1F. The van der Waals surface area contributed by atoms with Crippen molar-refractivity contribution >= 4 is 33.1 Å². The second-order valence-corrected chi connectivity index (χ2v) is 3.66. The van der Waals surface area contributed by atoms with Crippen molar-refractivity contribution in [2.45, 2.75) is 0 Å². The lowest BCUT2D eigenvalue weighted by Crippen LogP contribution is -1.95. The Morgan fingerprint density at radius 1 is 1.38 bits per heavy atom. The van der Waals surface area contributed by atoms with Gasteiger partial charge in [-0.15, -0.1) is 11.6 Å². The van der Waals surface area contributed by atoms with Crippen molar-refractivity contribution in [1.82, 2.24) is 0 Å². The van der Waals surface area contributed by atoms with Crippen LogP contribution in [0.2, 0.25) is 0 Å². The van der Waals surface area contributed by atoms with Crippen LogP contribution >= 0.6 is 27.5 Å². The molecular formula is C9H6BrClF2. The number of alkyl halides is 1. The van der Waals surface area contributed by atoms with Crippen molar-refractivity contribution in [3.8, 4) is 0 Å². The summed E-state index contributed by atoms with van der Waals surface area (Å²) in [7, 11) is 0. The van der Waals surface area contributed by atoms with Gasteiger partial charge in [-0.1, -0.05) is 22.5 Å². The smallest absolute Gasteiger partial charge is 0.134 e. The van der Waals surface area contributed by atoms with E-state index in [0.717, 1.165) is 0 Å². The molecule has 0 heterocycles. The van der Waals surface area contributed by atoms with E-state index in [0.29, 0.717) is 4.47 Å². The Labute approximate surface area is 88.3 Å². The summed E-state index contributed by atoms with van der Waals surface area (Å²) in [6.45, 7) is 3.47. The Morgan fingerprint density at radius 3 is 2.23 bits per heavy atom. The van der Waals surface area contributed by atoms with Gasteiger partial charge in [-0.2, -0.15) is 0 Å². The molecule has 0 saturated heterocycles. The van der Waals surface area contributed by atoms with Crippen LogP contribution in [0.4, 0.5) is 8.78 Å². The first-order valence-electron chi connectivity index (χ1n) is 3.45. The molecule has 0 aromatic heterocycles. The maximum atomic E-state index is 13.2. The van der Waals surface area contributed by atoms with Crippen molar-refractivity contribution in [2.75, 3.05) is 5.88 Å². The fourth-order valence-corrected chi connectivity index (χ4v) is 1.48. The van der Waals surface area contributed by atoms with Crippen molar-refractivity contribution < 1.29 is 8.78 Å². The van der Waals surface area contributed by atoms with Gasteiger partial charge in [0.15, 0.2) is 0 Å². The Morgan fingerprint density at radius 2 is 1.85 bits per heavy atom. The number of allylic oxidation sites excluding steroid dienone is 1. The van der Waals surface area contributed by atoms with Gasteiger partial charge in [0.1, 0.15) is 11.6 Å². The molecule has 0 aliphatic carbocycles. The molecule has 0 bridgehead atoms. The molecule has 13 heavy (non-hydrogen) atoms. The van der Waals surface area contributed by atoms with Crippen LogP contribution in [-0.2, 0) is 0 Å². The quantitative estimate of drug-likeness (QED) is 0.711. The molecule has 0 saturated carbocycles. The van der Waals surface area contributed by atoms with Gasteiger partial charge in [-0.3, -0.25) is 0 Å². The maximum absolute atomic E-state index is 13.2. The van der Waals surface area contributed by atoms with E-state index in [2.05, 4.69) is 22.5 Å². The fourth-order valence-electron chi connectivity index (χ4n) is 0.947. The lowest BCUT2D eigenvalue weighted by molar-refractivity contribution is 0.575. The maximum Gasteiger partial charge on any atom is 0.134 e. The van der Waals surface area contributed by atoms with Crippen molar-refractivity contribution in [3.05, 3.63) is 40.4 Å². The summed E-state index contributed by atoms with van der Waals surface area (Å²) in [5.74, 6) is -1.30. The molecule has 0 fully saturated rings. The first-order valence-corrected chi connectivity index (χ1v) is 4.77. The van der Waals surface area contributed by atoms with Crippen LogP contribution in [0.1, 0.15) is 5.56 Å². The lowest BCUT2D eigenvalue weighted by Gasteiger charge is -2.05. The van der Waals surface area contributed by atoms with E-state index >= 15 is 0 Å². The second-order valence-electron chi connectivity index (χ2n) is 2.48. The van der Waals surface area contributed by atoms with Gasteiger partial charge in [-0.05, 0) is 17.7 Å². The first-order chi connectivity index (χ1) is 6.06. The molecule has 1 aromatic carbocycles. The molecule has 70 valence electrons. The van der Waals surface area contributed by atoms with Crippen LogP contribution in [0.3, 0.4) is 0 Å². The highest BCUT2D eigenvalue weighted by Gasteiger charge is 2.12. The zero-order valence-electron chi connectivity index (χ0n) is 6.58. The molecule has 0 amide bonds. The minimum atomic E-state index is -0.655. The summed E-state index contributed by atoms with van der Waals surface area (Å²) in [6.07, 6.45) is 0. The minimum absolute atomic E-state index is 0.00940. The number of hydrogen-bond acceptors (Lipinski definition) is 0. The van der Waals surface area contributed by atoms with Crippen LogP contribution in [0.15, 0.2) is 23.2 Å². The van der Waals surface area contributed by atoms with E-state index in [1.54, 1.807) is 0 Å². The topological polar surface area (TPSA) is 0 Å². The van der Waals surface area contributed by atoms with Gasteiger partial charge in [0.2, 0.25) is 0 Å². The van der Waals surface area contributed by atoms with E-state index in [9.17, 15) is 8.78 Å². The Bertz CT molecular complexity index is 326. The van der Waals surface area contributed by atoms with Crippen LogP contribution in [0, 0.1) is 11.6 Å². The van der Waals surface area contributed by atoms with Gasteiger partial charge in [0.05, 0.1) is 0 Å². The van der Waals surface area contributed by atoms with Crippen molar-refractivity contribution in [1.29, 1.82) is 0 Å². The molecule has 0 nitrogen and oxygen atoms in total.